The van der Waals surface area contributed by atoms with Gasteiger partial charge in [0.05, 0.1) is 16.8 Å². The van der Waals surface area contributed by atoms with Crippen LogP contribution in [-0.4, -0.2) is 21.6 Å². The molecule has 0 saturated heterocycles. The Morgan fingerprint density at radius 1 is 0.968 bits per heavy atom. The highest BCUT2D eigenvalue weighted by Crippen LogP contribution is 2.30. The van der Waals surface area contributed by atoms with Gasteiger partial charge in [-0.2, -0.15) is 18.3 Å². The second-order valence-electron chi connectivity index (χ2n) is 7.27. The summed E-state index contributed by atoms with van der Waals surface area (Å²) in [7, 11) is 0. The molecule has 0 aliphatic heterocycles. The molecule has 0 saturated carbocycles. The van der Waals surface area contributed by atoms with E-state index in [2.05, 4.69) is 15.7 Å². The number of benzene rings is 2. The Bertz CT molecular complexity index is 1120. The number of nitrogens with zero attached hydrogens (tertiary/aromatic N) is 2. The first-order chi connectivity index (χ1) is 14.5. The van der Waals surface area contributed by atoms with Crippen molar-refractivity contribution < 1.29 is 22.8 Å². The van der Waals surface area contributed by atoms with E-state index in [4.69, 9.17) is 0 Å². The molecule has 0 bridgehead atoms. The fourth-order valence-electron chi connectivity index (χ4n) is 2.88. The van der Waals surface area contributed by atoms with Crippen LogP contribution in [0.25, 0.3) is 0 Å². The number of carbonyl (C=O) groups is 2. The minimum Gasteiger partial charge on any atom is -0.322 e. The van der Waals surface area contributed by atoms with Gasteiger partial charge >= 0.3 is 6.18 Å². The van der Waals surface area contributed by atoms with Crippen LogP contribution in [0.3, 0.4) is 0 Å². The van der Waals surface area contributed by atoms with E-state index in [9.17, 15) is 22.8 Å². The molecule has 0 radical (unpaired) electrons. The van der Waals surface area contributed by atoms with E-state index in [0.717, 1.165) is 12.1 Å². The fraction of sp³-hybridized carbons (Fsp3) is 0.227. The fourth-order valence-corrected chi connectivity index (χ4v) is 2.88. The number of carbonyl (C=O) groups excluding carboxylic acids is 2. The van der Waals surface area contributed by atoms with Crippen LogP contribution >= 0.6 is 0 Å². The smallest absolute Gasteiger partial charge is 0.322 e. The maximum Gasteiger partial charge on any atom is 0.416 e. The highest BCUT2D eigenvalue weighted by molar-refractivity contribution is 6.07. The molecular formula is C22H21F3N4O2. The lowest BCUT2D eigenvalue weighted by Crippen LogP contribution is -2.15. The van der Waals surface area contributed by atoms with Crippen LogP contribution < -0.4 is 10.6 Å². The predicted octanol–water partition coefficient (Wildman–Crippen LogP) is 5.30. The van der Waals surface area contributed by atoms with Crippen molar-refractivity contribution in [1.29, 1.82) is 0 Å². The average molecular weight is 430 g/mol. The molecule has 0 fully saturated rings. The Hall–Kier alpha value is -3.62. The van der Waals surface area contributed by atoms with Crippen molar-refractivity contribution in [1.82, 2.24) is 9.78 Å². The van der Waals surface area contributed by atoms with Crippen LogP contribution in [0, 0.1) is 6.92 Å². The normalized spacial score (nSPS) is 11.5. The van der Waals surface area contributed by atoms with Crippen molar-refractivity contribution in [3.05, 3.63) is 77.1 Å². The molecule has 3 aromatic rings. The Kier molecular flexibility index (Phi) is 6.14. The minimum absolute atomic E-state index is 0.0194. The van der Waals surface area contributed by atoms with E-state index >= 15 is 0 Å². The number of aryl methyl sites for hydroxylation is 1. The van der Waals surface area contributed by atoms with Gasteiger partial charge in [-0.05, 0) is 57.2 Å². The Balaban J connectivity index is 1.74. The van der Waals surface area contributed by atoms with Crippen LogP contribution in [0.5, 0.6) is 0 Å². The van der Waals surface area contributed by atoms with Crippen molar-refractivity contribution in [2.24, 2.45) is 0 Å². The number of amides is 2. The van der Waals surface area contributed by atoms with Gasteiger partial charge in [-0.25, -0.2) is 0 Å². The number of alkyl halides is 3. The molecule has 2 aromatic carbocycles. The van der Waals surface area contributed by atoms with Gasteiger partial charge in [0.25, 0.3) is 11.8 Å². The summed E-state index contributed by atoms with van der Waals surface area (Å²) < 4.78 is 40.3. The highest BCUT2D eigenvalue weighted by atomic mass is 19.4. The molecule has 162 valence electrons. The highest BCUT2D eigenvalue weighted by Gasteiger charge is 2.30. The zero-order valence-corrected chi connectivity index (χ0v) is 17.1. The summed E-state index contributed by atoms with van der Waals surface area (Å²) in [5.74, 6) is -0.973. The zero-order chi connectivity index (χ0) is 22.8. The molecule has 31 heavy (non-hydrogen) atoms. The van der Waals surface area contributed by atoms with Gasteiger partial charge in [0.15, 0.2) is 0 Å². The van der Waals surface area contributed by atoms with E-state index in [-0.39, 0.29) is 23.2 Å². The van der Waals surface area contributed by atoms with E-state index in [1.165, 1.54) is 24.3 Å². The molecule has 3 rings (SSSR count). The van der Waals surface area contributed by atoms with Crippen molar-refractivity contribution in [3.8, 4) is 0 Å². The van der Waals surface area contributed by atoms with E-state index in [0.29, 0.717) is 16.9 Å². The summed E-state index contributed by atoms with van der Waals surface area (Å²) in [5, 5.41) is 9.46. The first-order valence-corrected chi connectivity index (χ1v) is 9.50. The zero-order valence-electron chi connectivity index (χ0n) is 17.1. The second-order valence-corrected chi connectivity index (χ2v) is 7.27. The molecule has 0 unspecified atom stereocenters. The summed E-state index contributed by atoms with van der Waals surface area (Å²) in [6, 6.07) is 10.6. The molecule has 0 aliphatic rings. The SMILES string of the molecule is Cc1nn(C(C)C)cc1C(=O)Nc1cccc(C(=O)Nc2cccc(C(F)(F)F)c2)c1. The topological polar surface area (TPSA) is 76.0 Å². The Labute approximate surface area is 177 Å². The maximum atomic E-state index is 12.9. The van der Waals surface area contributed by atoms with Gasteiger partial charge in [0, 0.05) is 29.2 Å². The number of hydrogen-bond donors (Lipinski definition) is 2. The number of anilines is 2. The average Bonchev–Trinajstić information content (AvgIpc) is 3.10. The largest absolute Gasteiger partial charge is 0.416 e. The quantitative estimate of drug-likeness (QED) is 0.577. The summed E-state index contributed by atoms with van der Waals surface area (Å²) in [4.78, 5) is 25.1. The third-order valence-corrected chi connectivity index (χ3v) is 4.52. The lowest BCUT2D eigenvalue weighted by Gasteiger charge is -2.11. The summed E-state index contributed by atoms with van der Waals surface area (Å²) >= 11 is 0. The number of nitrogens with one attached hydrogen (secondary N) is 2. The molecule has 6 nitrogen and oxygen atoms in total. The van der Waals surface area contributed by atoms with Gasteiger partial charge in [-0.1, -0.05) is 12.1 Å². The molecule has 1 aromatic heterocycles. The van der Waals surface area contributed by atoms with Crippen LogP contribution in [0.1, 0.15) is 51.9 Å². The molecule has 0 atom stereocenters. The first-order valence-electron chi connectivity index (χ1n) is 9.50. The number of rotatable bonds is 5. The van der Waals surface area contributed by atoms with Gasteiger partial charge in [-0.15, -0.1) is 0 Å². The molecule has 1 heterocycles. The van der Waals surface area contributed by atoms with Crippen molar-refractivity contribution in [2.75, 3.05) is 10.6 Å². The van der Waals surface area contributed by atoms with Gasteiger partial charge < -0.3 is 10.6 Å². The van der Waals surface area contributed by atoms with Crippen molar-refractivity contribution in [2.45, 2.75) is 33.0 Å². The Morgan fingerprint density at radius 2 is 1.58 bits per heavy atom. The molecule has 2 amide bonds. The lowest BCUT2D eigenvalue weighted by atomic mass is 10.1. The minimum atomic E-state index is -4.51. The van der Waals surface area contributed by atoms with Crippen molar-refractivity contribution in [3.63, 3.8) is 0 Å². The second kappa shape index (κ2) is 8.63. The van der Waals surface area contributed by atoms with Crippen molar-refractivity contribution >= 4 is 23.2 Å². The summed E-state index contributed by atoms with van der Waals surface area (Å²) in [5.41, 5.74) is 0.704. The predicted molar refractivity (Wildman–Crippen MR) is 111 cm³/mol. The maximum absolute atomic E-state index is 12.9. The summed E-state index contributed by atoms with van der Waals surface area (Å²) in [6.07, 6.45) is -2.86. The first kappa shape index (κ1) is 22.1. The standard InChI is InChI=1S/C22H21F3N4O2/c1-13(2)29-12-19(14(3)28-29)21(31)27-17-8-4-6-15(10-17)20(30)26-18-9-5-7-16(11-18)22(23,24)25/h4-13H,1-3H3,(H,26,30)(H,27,31). The Morgan fingerprint density at radius 3 is 2.19 bits per heavy atom. The van der Waals surface area contributed by atoms with Crippen LogP contribution in [0.4, 0.5) is 24.5 Å². The number of hydrogen-bond acceptors (Lipinski definition) is 3. The molecule has 2 N–H and O–H groups in total. The third-order valence-electron chi connectivity index (χ3n) is 4.52. The van der Waals surface area contributed by atoms with Crippen LogP contribution in [0.15, 0.2) is 54.7 Å². The number of aromatic nitrogens is 2. The molecule has 0 spiro atoms. The number of halogens is 3. The van der Waals surface area contributed by atoms with E-state index < -0.39 is 17.6 Å². The van der Waals surface area contributed by atoms with Gasteiger partial charge in [-0.3, -0.25) is 14.3 Å². The van der Waals surface area contributed by atoms with E-state index in [1.807, 2.05) is 13.8 Å². The third kappa shape index (κ3) is 5.30. The van der Waals surface area contributed by atoms with Crippen LogP contribution in [-0.2, 0) is 6.18 Å². The van der Waals surface area contributed by atoms with Gasteiger partial charge in [0.2, 0.25) is 0 Å². The molecule has 0 aliphatic carbocycles. The van der Waals surface area contributed by atoms with E-state index in [1.54, 1.807) is 29.9 Å². The van der Waals surface area contributed by atoms with Gasteiger partial charge in [0.1, 0.15) is 0 Å². The lowest BCUT2D eigenvalue weighted by molar-refractivity contribution is -0.137. The van der Waals surface area contributed by atoms with Crippen LogP contribution in [0.2, 0.25) is 0 Å². The molecule has 9 heteroatoms. The summed E-state index contributed by atoms with van der Waals surface area (Å²) in [6.45, 7) is 5.62. The molecular weight excluding hydrogens is 409 g/mol. The monoisotopic (exact) mass is 430 g/mol.